The summed E-state index contributed by atoms with van der Waals surface area (Å²) in [5, 5.41) is 16.8. The van der Waals surface area contributed by atoms with Crippen LogP contribution in [0.25, 0.3) is 11.3 Å². The summed E-state index contributed by atoms with van der Waals surface area (Å²) in [4.78, 5) is 62.7. The van der Waals surface area contributed by atoms with E-state index in [4.69, 9.17) is 14.7 Å². The van der Waals surface area contributed by atoms with Gasteiger partial charge >= 0.3 is 0 Å². The van der Waals surface area contributed by atoms with Crippen molar-refractivity contribution in [2.45, 2.75) is 70.6 Å². The van der Waals surface area contributed by atoms with Crippen molar-refractivity contribution in [3.05, 3.63) is 80.2 Å². The van der Waals surface area contributed by atoms with Crippen molar-refractivity contribution in [2.24, 2.45) is 7.05 Å². The van der Waals surface area contributed by atoms with Gasteiger partial charge in [-0.1, -0.05) is 6.58 Å². The van der Waals surface area contributed by atoms with E-state index in [1.807, 2.05) is 0 Å². The first-order valence-electron chi connectivity index (χ1n) is 19.1. The molecule has 3 aliphatic heterocycles. The van der Waals surface area contributed by atoms with Gasteiger partial charge in [0.25, 0.3) is 11.5 Å². The molecule has 15 heteroatoms. The molecular weight excluding hydrogens is 719 g/mol. The van der Waals surface area contributed by atoms with E-state index < -0.39 is 0 Å². The molecule has 8 rings (SSSR count). The topological polar surface area (TPSA) is 158 Å². The Morgan fingerprint density at radius 2 is 1.91 bits per heavy atom. The highest BCUT2D eigenvalue weighted by Gasteiger charge is 2.35. The van der Waals surface area contributed by atoms with Crippen LogP contribution in [-0.2, 0) is 42.4 Å². The number of fused-ring (bicyclic) bond motifs is 3. The Labute approximate surface area is 323 Å². The minimum Gasteiger partial charge on any atom is -0.392 e. The summed E-state index contributed by atoms with van der Waals surface area (Å²) in [5.74, 6) is 0.573. The first kappa shape index (κ1) is 37.0. The number of rotatable bonds is 9. The number of amides is 2. The van der Waals surface area contributed by atoms with Gasteiger partial charge in [0.1, 0.15) is 5.82 Å². The van der Waals surface area contributed by atoms with Crippen molar-refractivity contribution in [2.75, 3.05) is 59.8 Å². The van der Waals surface area contributed by atoms with Gasteiger partial charge in [0, 0.05) is 86.9 Å². The molecule has 0 aromatic carbocycles. The highest BCUT2D eigenvalue weighted by atomic mass is 32.1. The number of aliphatic hydroxyl groups is 1. The number of carbonyl (C=O) groups excluding carboxylic acids is 2. The zero-order chi connectivity index (χ0) is 38.2. The second kappa shape index (κ2) is 15.6. The summed E-state index contributed by atoms with van der Waals surface area (Å²) in [6.45, 7) is 9.91. The zero-order valence-electron chi connectivity index (χ0n) is 31.3. The Bertz CT molecular complexity index is 2200. The largest absolute Gasteiger partial charge is 0.392 e. The normalized spacial score (nSPS) is 19.2. The number of ether oxygens (including phenoxy) is 1. The SMILES string of the molecule is C=CC(=O)Nc1cc(Nc2nc(-c3ccnc(N4CCc5c(sc6c5CCCC6)C4=O)c3CO)cn(C)c2=O)cnc1N1CCN(C2CCOCC2)C[C@@H]1C. The minimum absolute atomic E-state index is 0.0269. The lowest BCUT2D eigenvalue weighted by Crippen LogP contribution is -2.56. The van der Waals surface area contributed by atoms with Gasteiger partial charge in [-0.15, -0.1) is 11.3 Å². The molecule has 0 saturated carbocycles. The number of aromatic nitrogens is 4. The van der Waals surface area contributed by atoms with Crippen molar-refractivity contribution in [1.29, 1.82) is 0 Å². The summed E-state index contributed by atoms with van der Waals surface area (Å²) in [7, 11) is 1.63. The average molecular weight is 766 g/mol. The predicted octanol–water partition coefficient (Wildman–Crippen LogP) is 4.43. The fourth-order valence-electron chi connectivity index (χ4n) is 8.50. The second-order valence-electron chi connectivity index (χ2n) is 14.7. The molecule has 1 aliphatic carbocycles. The van der Waals surface area contributed by atoms with Crippen LogP contribution in [-0.4, -0.2) is 92.8 Å². The molecule has 4 aromatic heterocycles. The van der Waals surface area contributed by atoms with Crippen LogP contribution in [0.2, 0.25) is 0 Å². The quantitative estimate of drug-likeness (QED) is 0.207. The van der Waals surface area contributed by atoms with Crippen LogP contribution in [0, 0.1) is 0 Å². The Kier molecular flexibility index (Phi) is 10.5. The Hall–Kier alpha value is -4.96. The molecule has 55 heavy (non-hydrogen) atoms. The monoisotopic (exact) mass is 765 g/mol. The van der Waals surface area contributed by atoms with Gasteiger partial charge in [-0.3, -0.25) is 24.2 Å². The number of nitrogens with one attached hydrogen (secondary N) is 2. The predicted molar refractivity (Wildman–Crippen MR) is 214 cm³/mol. The summed E-state index contributed by atoms with van der Waals surface area (Å²) in [6.07, 6.45) is 13.2. The van der Waals surface area contributed by atoms with Crippen molar-refractivity contribution in [1.82, 2.24) is 24.4 Å². The molecule has 0 spiro atoms. The highest BCUT2D eigenvalue weighted by molar-refractivity contribution is 7.14. The van der Waals surface area contributed by atoms with Gasteiger partial charge in [-0.25, -0.2) is 15.0 Å². The number of hydrogen-bond donors (Lipinski definition) is 3. The van der Waals surface area contributed by atoms with E-state index in [-0.39, 0.29) is 35.8 Å². The maximum absolute atomic E-state index is 13.9. The third kappa shape index (κ3) is 7.17. The van der Waals surface area contributed by atoms with Gasteiger partial charge < -0.3 is 29.9 Å². The molecule has 4 aliphatic rings. The molecule has 14 nitrogen and oxygen atoms in total. The minimum atomic E-state index is -0.386. The lowest BCUT2D eigenvalue weighted by Gasteiger charge is -2.45. The number of anilines is 5. The molecule has 0 bridgehead atoms. The smallest absolute Gasteiger partial charge is 0.293 e. The van der Waals surface area contributed by atoms with E-state index in [1.165, 1.54) is 26.6 Å². The van der Waals surface area contributed by atoms with Crippen LogP contribution < -0.4 is 26.0 Å². The van der Waals surface area contributed by atoms with Gasteiger partial charge in [0.05, 0.1) is 34.7 Å². The molecule has 0 radical (unpaired) electrons. The van der Waals surface area contributed by atoms with E-state index in [0.717, 1.165) is 82.7 Å². The van der Waals surface area contributed by atoms with Crippen molar-refractivity contribution in [3.8, 4) is 11.3 Å². The third-order valence-corrected chi connectivity index (χ3v) is 12.6. The Morgan fingerprint density at radius 1 is 1.09 bits per heavy atom. The van der Waals surface area contributed by atoms with E-state index >= 15 is 0 Å². The molecule has 7 heterocycles. The highest BCUT2D eigenvalue weighted by Crippen LogP contribution is 2.40. The van der Waals surface area contributed by atoms with E-state index in [0.29, 0.717) is 52.4 Å². The molecule has 288 valence electrons. The number of thiophene rings is 1. The summed E-state index contributed by atoms with van der Waals surface area (Å²) in [6, 6.07) is 4.12. The van der Waals surface area contributed by atoms with Gasteiger partial charge in [0.15, 0.2) is 11.6 Å². The van der Waals surface area contributed by atoms with Gasteiger partial charge in [-0.05, 0) is 81.2 Å². The maximum Gasteiger partial charge on any atom is 0.293 e. The number of piperazine rings is 1. The molecular formula is C40H47N9O5S. The van der Waals surface area contributed by atoms with Crippen LogP contribution in [0.15, 0.2) is 48.2 Å². The van der Waals surface area contributed by atoms with Crippen LogP contribution in [0.1, 0.15) is 63.8 Å². The fraction of sp³-hybridized carbons (Fsp3) is 0.450. The number of pyridine rings is 2. The van der Waals surface area contributed by atoms with Crippen LogP contribution in [0.5, 0.6) is 0 Å². The number of hydrogen-bond acceptors (Lipinski definition) is 12. The number of aryl methyl sites for hydroxylation is 2. The number of nitrogens with zero attached hydrogens (tertiary/aromatic N) is 7. The molecule has 2 amide bonds. The lowest BCUT2D eigenvalue weighted by molar-refractivity contribution is -0.111. The number of carbonyl (C=O) groups is 2. The molecule has 2 saturated heterocycles. The van der Waals surface area contributed by atoms with Crippen LogP contribution >= 0.6 is 11.3 Å². The zero-order valence-corrected chi connectivity index (χ0v) is 32.2. The van der Waals surface area contributed by atoms with Gasteiger partial charge in [-0.2, -0.15) is 0 Å². The summed E-state index contributed by atoms with van der Waals surface area (Å²) >= 11 is 1.60. The molecule has 0 unspecified atom stereocenters. The summed E-state index contributed by atoms with van der Waals surface area (Å²) < 4.78 is 7.00. The second-order valence-corrected chi connectivity index (χ2v) is 15.8. The first-order chi connectivity index (χ1) is 26.7. The molecule has 3 N–H and O–H groups in total. The third-order valence-electron chi connectivity index (χ3n) is 11.3. The van der Waals surface area contributed by atoms with Crippen LogP contribution in [0.4, 0.5) is 28.8 Å². The number of aliphatic hydroxyl groups excluding tert-OH is 1. The maximum atomic E-state index is 13.9. The van der Waals surface area contributed by atoms with Crippen molar-refractivity contribution in [3.63, 3.8) is 0 Å². The van der Waals surface area contributed by atoms with E-state index in [2.05, 4.69) is 38.9 Å². The van der Waals surface area contributed by atoms with Crippen molar-refractivity contribution < 1.29 is 19.4 Å². The molecule has 2 fully saturated rings. The van der Waals surface area contributed by atoms with E-state index in [1.54, 1.807) is 54.0 Å². The Balaban J connectivity index is 1.07. The van der Waals surface area contributed by atoms with Gasteiger partial charge in [0.2, 0.25) is 5.91 Å². The Morgan fingerprint density at radius 3 is 2.69 bits per heavy atom. The molecule has 1 atom stereocenters. The average Bonchev–Trinajstić information content (AvgIpc) is 3.59. The van der Waals surface area contributed by atoms with Crippen molar-refractivity contribution >= 4 is 52.0 Å². The first-order valence-corrected chi connectivity index (χ1v) is 20.0. The summed E-state index contributed by atoms with van der Waals surface area (Å²) in [5.41, 5.74) is 4.49. The standard InChI is InChI=1S/C40H47N9O5S/c1-4-34(51)44-31-19-25(20-42-38(31)48-16-15-47(21-24(48)2)26-11-17-54-18-12-26)43-36-40(53)46(3)22-32(45-36)27-9-13-41-37(30(27)23-50)49-14-10-29-28-7-5-6-8-33(28)55-35(29)39(49)52/h4,9,13,19-20,22,24,26,50H,1,5-8,10-12,14-18,21,23H2,2-3H3,(H,43,45)(H,44,51)/t24-/m0/s1. The fourth-order valence-corrected chi connectivity index (χ4v) is 9.88. The lowest BCUT2D eigenvalue weighted by atomic mass is 9.92. The van der Waals surface area contributed by atoms with E-state index in [9.17, 15) is 19.5 Å². The molecule has 4 aromatic rings. The van der Waals surface area contributed by atoms with Crippen LogP contribution in [0.3, 0.4) is 0 Å².